The summed E-state index contributed by atoms with van der Waals surface area (Å²) in [5, 5.41) is 5.53. The Morgan fingerprint density at radius 1 is 1.27 bits per heavy atom. The molecular formula is C15H19N5OS. The number of hydrogen-bond donors (Lipinski definition) is 0. The topological polar surface area (TPSA) is 50.3 Å². The first-order valence-electron chi connectivity index (χ1n) is 7.50. The Morgan fingerprint density at radius 3 is 2.77 bits per heavy atom. The molecule has 0 amide bonds. The Bertz CT molecular complexity index is 733. The molecule has 0 aromatic carbocycles. The van der Waals surface area contributed by atoms with E-state index in [0.29, 0.717) is 0 Å². The maximum atomic E-state index is 5.43. The largest absolute Gasteiger partial charge is 0.468 e. The third kappa shape index (κ3) is 2.40. The van der Waals surface area contributed by atoms with Gasteiger partial charge in [-0.25, -0.2) is 9.67 Å². The lowest BCUT2D eigenvalue weighted by Gasteiger charge is -2.34. The van der Waals surface area contributed by atoms with Gasteiger partial charge in [0.15, 0.2) is 10.8 Å². The molecule has 116 valence electrons. The van der Waals surface area contributed by atoms with Gasteiger partial charge in [0, 0.05) is 33.2 Å². The Morgan fingerprint density at radius 2 is 2.09 bits per heavy atom. The molecule has 1 aliphatic rings. The number of anilines is 1. The quantitative estimate of drug-likeness (QED) is 0.741. The van der Waals surface area contributed by atoms with Gasteiger partial charge in [0.1, 0.15) is 5.76 Å². The molecule has 0 atom stereocenters. The average molecular weight is 317 g/mol. The van der Waals surface area contributed by atoms with E-state index in [0.717, 1.165) is 55.0 Å². The van der Waals surface area contributed by atoms with Crippen LogP contribution in [0.3, 0.4) is 0 Å². The smallest absolute Gasteiger partial charge is 0.188 e. The molecular weight excluding hydrogens is 298 g/mol. The first-order valence-corrected chi connectivity index (χ1v) is 8.32. The van der Waals surface area contributed by atoms with Crippen LogP contribution in [0.2, 0.25) is 0 Å². The molecule has 0 aliphatic carbocycles. The minimum atomic E-state index is 0.893. The highest BCUT2D eigenvalue weighted by Gasteiger charge is 2.22. The molecule has 4 rings (SSSR count). The highest BCUT2D eigenvalue weighted by molar-refractivity contribution is 7.22. The van der Waals surface area contributed by atoms with Gasteiger partial charge in [0.25, 0.3) is 0 Å². The molecule has 0 N–H and O–H groups in total. The van der Waals surface area contributed by atoms with E-state index in [4.69, 9.17) is 9.40 Å². The number of rotatable bonds is 3. The van der Waals surface area contributed by atoms with Crippen molar-refractivity contribution in [1.29, 1.82) is 0 Å². The van der Waals surface area contributed by atoms with E-state index in [1.54, 1.807) is 17.6 Å². The van der Waals surface area contributed by atoms with E-state index in [1.807, 2.05) is 30.8 Å². The third-order valence-corrected chi connectivity index (χ3v) is 5.35. The van der Waals surface area contributed by atoms with Crippen LogP contribution in [0.4, 0.5) is 5.13 Å². The van der Waals surface area contributed by atoms with Crippen LogP contribution in [0.25, 0.3) is 10.3 Å². The second kappa shape index (κ2) is 5.40. The zero-order valence-electron chi connectivity index (χ0n) is 12.8. The van der Waals surface area contributed by atoms with Crippen molar-refractivity contribution in [3.05, 3.63) is 29.9 Å². The van der Waals surface area contributed by atoms with Crippen LogP contribution in [-0.2, 0) is 13.6 Å². The monoisotopic (exact) mass is 317 g/mol. The lowest BCUT2D eigenvalue weighted by Crippen LogP contribution is -2.45. The lowest BCUT2D eigenvalue weighted by molar-refractivity contribution is 0.230. The minimum absolute atomic E-state index is 0.893. The predicted octanol–water partition coefficient (Wildman–Crippen LogP) is 2.25. The van der Waals surface area contributed by atoms with E-state index < -0.39 is 0 Å². The number of fused-ring (bicyclic) bond motifs is 1. The molecule has 1 saturated heterocycles. The van der Waals surface area contributed by atoms with Crippen LogP contribution in [0.5, 0.6) is 0 Å². The number of aryl methyl sites for hydroxylation is 2. The molecule has 1 fully saturated rings. The van der Waals surface area contributed by atoms with Crippen LogP contribution < -0.4 is 4.90 Å². The van der Waals surface area contributed by atoms with Crippen molar-refractivity contribution >= 4 is 26.8 Å². The van der Waals surface area contributed by atoms with Gasteiger partial charge in [-0.15, -0.1) is 0 Å². The molecule has 0 saturated carbocycles. The Labute approximate surface area is 133 Å². The molecule has 3 aromatic heterocycles. The van der Waals surface area contributed by atoms with Gasteiger partial charge in [-0.1, -0.05) is 11.3 Å². The van der Waals surface area contributed by atoms with Crippen molar-refractivity contribution in [3.63, 3.8) is 0 Å². The number of hydrogen-bond acceptors (Lipinski definition) is 6. The molecule has 0 radical (unpaired) electrons. The van der Waals surface area contributed by atoms with Gasteiger partial charge in [-0.2, -0.15) is 5.10 Å². The molecule has 0 spiro atoms. The first kappa shape index (κ1) is 13.8. The van der Waals surface area contributed by atoms with Crippen LogP contribution in [0.1, 0.15) is 11.5 Å². The number of furan rings is 1. The maximum absolute atomic E-state index is 5.43. The van der Waals surface area contributed by atoms with Crippen LogP contribution >= 0.6 is 11.3 Å². The zero-order valence-corrected chi connectivity index (χ0v) is 13.6. The van der Waals surface area contributed by atoms with Crippen molar-refractivity contribution in [2.45, 2.75) is 13.5 Å². The van der Waals surface area contributed by atoms with Crippen LogP contribution in [0, 0.1) is 6.92 Å². The van der Waals surface area contributed by atoms with E-state index in [9.17, 15) is 0 Å². The second-order valence-corrected chi connectivity index (χ2v) is 6.68. The number of thiazole rings is 1. The molecule has 0 bridgehead atoms. The normalized spacial score (nSPS) is 16.7. The molecule has 1 aliphatic heterocycles. The fourth-order valence-corrected chi connectivity index (χ4v) is 4.01. The number of aromatic nitrogens is 3. The highest BCUT2D eigenvalue weighted by Crippen LogP contribution is 2.31. The fraction of sp³-hybridized carbons (Fsp3) is 0.467. The molecule has 4 heterocycles. The molecule has 3 aromatic rings. The summed E-state index contributed by atoms with van der Waals surface area (Å²) in [5.41, 5.74) is 2.06. The summed E-state index contributed by atoms with van der Waals surface area (Å²) in [5.74, 6) is 1.04. The summed E-state index contributed by atoms with van der Waals surface area (Å²) >= 11 is 1.75. The third-order valence-electron chi connectivity index (χ3n) is 4.14. The van der Waals surface area contributed by atoms with E-state index in [2.05, 4.69) is 14.9 Å². The van der Waals surface area contributed by atoms with Crippen molar-refractivity contribution in [2.75, 3.05) is 31.1 Å². The van der Waals surface area contributed by atoms with Gasteiger partial charge in [0.2, 0.25) is 0 Å². The summed E-state index contributed by atoms with van der Waals surface area (Å²) < 4.78 is 8.51. The van der Waals surface area contributed by atoms with Gasteiger partial charge in [-0.3, -0.25) is 4.90 Å². The second-order valence-electron chi connectivity index (χ2n) is 5.70. The van der Waals surface area contributed by atoms with E-state index >= 15 is 0 Å². The SMILES string of the molecule is Cc1nn(C)c2nc(N3CCN(Cc4ccco4)CC3)sc12. The highest BCUT2D eigenvalue weighted by atomic mass is 32.1. The standard InChI is InChI=1S/C15H19N5OS/c1-11-13-14(18(2)17-11)16-15(22-13)20-7-5-19(6-8-20)10-12-4-3-9-21-12/h3-4,9H,5-8,10H2,1-2H3. The van der Waals surface area contributed by atoms with Crippen LogP contribution in [0.15, 0.2) is 22.8 Å². The molecule has 0 unspecified atom stereocenters. The Balaban J connectivity index is 1.45. The lowest BCUT2D eigenvalue weighted by atomic mass is 10.3. The van der Waals surface area contributed by atoms with Crippen LogP contribution in [-0.4, -0.2) is 45.8 Å². The average Bonchev–Trinajstić information content (AvgIpc) is 3.21. The Kier molecular flexibility index (Phi) is 3.38. The summed E-state index contributed by atoms with van der Waals surface area (Å²) in [6.45, 7) is 7.02. The van der Waals surface area contributed by atoms with Crippen molar-refractivity contribution < 1.29 is 4.42 Å². The van der Waals surface area contributed by atoms with Gasteiger partial charge in [0.05, 0.1) is 23.2 Å². The molecule has 7 heteroatoms. The number of piperazine rings is 1. The zero-order chi connectivity index (χ0) is 15.1. The van der Waals surface area contributed by atoms with Gasteiger partial charge >= 0.3 is 0 Å². The van der Waals surface area contributed by atoms with Crippen molar-refractivity contribution in [2.24, 2.45) is 7.05 Å². The first-order chi connectivity index (χ1) is 10.7. The van der Waals surface area contributed by atoms with Gasteiger partial charge in [-0.05, 0) is 19.1 Å². The van der Waals surface area contributed by atoms with Crippen molar-refractivity contribution in [1.82, 2.24) is 19.7 Å². The van der Waals surface area contributed by atoms with E-state index in [1.165, 1.54) is 4.70 Å². The number of nitrogens with zero attached hydrogens (tertiary/aromatic N) is 5. The molecule has 6 nitrogen and oxygen atoms in total. The maximum Gasteiger partial charge on any atom is 0.188 e. The fourth-order valence-electron chi connectivity index (χ4n) is 2.93. The van der Waals surface area contributed by atoms with Crippen molar-refractivity contribution in [3.8, 4) is 0 Å². The molecule has 22 heavy (non-hydrogen) atoms. The Hall–Kier alpha value is -1.86. The van der Waals surface area contributed by atoms with Gasteiger partial charge < -0.3 is 9.32 Å². The predicted molar refractivity (Wildman–Crippen MR) is 87.3 cm³/mol. The minimum Gasteiger partial charge on any atom is -0.468 e. The summed E-state index contributed by atoms with van der Waals surface area (Å²) in [6.07, 6.45) is 1.74. The summed E-state index contributed by atoms with van der Waals surface area (Å²) in [6, 6.07) is 3.98. The van der Waals surface area contributed by atoms with E-state index in [-0.39, 0.29) is 0 Å². The summed E-state index contributed by atoms with van der Waals surface area (Å²) in [4.78, 5) is 9.57. The summed E-state index contributed by atoms with van der Waals surface area (Å²) in [7, 11) is 1.96.